The van der Waals surface area contributed by atoms with Gasteiger partial charge in [0.1, 0.15) is 12.4 Å². The lowest BCUT2D eigenvalue weighted by Gasteiger charge is -2.24. The molecule has 7 heteroatoms. The fourth-order valence-electron chi connectivity index (χ4n) is 2.66. The summed E-state index contributed by atoms with van der Waals surface area (Å²) in [4.78, 5) is 17.6. The number of aliphatic imine (C=N–C) groups is 1. The molecule has 0 aliphatic carbocycles. The van der Waals surface area contributed by atoms with Crippen LogP contribution in [-0.2, 0) is 16.0 Å². The molecular weight excluding hydrogens is 335 g/mol. The summed E-state index contributed by atoms with van der Waals surface area (Å²) in [7, 11) is 3.40. The highest BCUT2D eigenvalue weighted by Gasteiger charge is 2.14. The minimum absolute atomic E-state index is 0.0631. The number of likely N-dealkylation sites (N-methyl/N-ethyl adjacent to an activating group) is 1. The highest BCUT2D eigenvalue weighted by molar-refractivity contribution is 5.84. The second-order valence-corrected chi connectivity index (χ2v) is 6.59. The van der Waals surface area contributed by atoms with Crippen LogP contribution in [0.3, 0.4) is 0 Å². The third-order valence-corrected chi connectivity index (χ3v) is 4.29. The van der Waals surface area contributed by atoms with Crippen LogP contribution in [0.2, 0.25) is 0 Å². The van der Waals surface area contributed by atoms with E-state index in [1.807, 2.05) is 6.07 Å². The van der Waals surface area contributed by atoms with E-state index in [9.17, 15) is 9.18 Å². The maximum absolute atomic E-state index is 13.7. The van der Waals surface area contributed by atoms with E-state index in [4.69, 9.17) is 4.74 Å². The molecule has 1 aliphatic heterocycles. The number of hydrogen-bond acceptors (Lipinski definition) is 3. The second-order valence-electron chi connectivity index (χ2n) is 6.59. The third-order valence-electron chi connectivity index (χ3n) is 4.29. The first kappa shape index (κ1) is 20.2. The van der Waals surface area contributed by atoms with E-state index in [2.05, 4.69) is 15.6 Å². The zero-order valence-corrected chi connectivity index (χ0v) is 15.6. The van der Waals surface area contributed by atoms with Crippen molar-refractivity contribution in [2.75, 3.05) is 40.3 Å². The van der Waals surface area contributed by atoms with E-state index in [0.717, 1.165) is 19.4 Å². The van der Waals surface area contributed by atoms with Crippen molar-refractivity contribution in [2.24, 2.45) is 4.99 Å². The van der Waals surface area contributed by atoms with Gasteiger partial charge in [-0.25, -0.2) is 9.38 Å². The van der Waals surface area contributed by atoms with E-state index in [-0.39, 0.29) is 24.4 Å². The Labute approximate surface area is 154 Å². The first-order chi connectivity index (χ1) is 12.6. The highest BCUT2D eigenvalue weighted by atomic mass is 19.1. The maximum Gasteiger partial charge on any atom is 0.243 e. The van der Waals surface area contributed by atoms with Gasteiger partial charge in [0.15, 0.2) is 5.96 Å². The first-order valence-electron chi connectivity index (χ1n) is 9.13. The largest absolute Gasteiger partial charge is 0.376 e. The molecule has 0 saturated carbocycles. The van der Waals surface area contributed by atoms with Gasteiger partial charge in [-0.3, -0.25) is 4.79 Å². The Morgan fingerprint density at radius 1 is 1.31 bits per heavy atom. The zero-order valence-electron chi connectivity index (χ0n) is 15.6. The number of carbonyl (C=O) groups excluding carboxylic acids is 1. The van der Waals surface area contributed by atoms with Gasteiger partial charge in [0, 0.05) is 33.8 Å². The van der Waals surface area contributed by atoms with Crippen LogP contribution < -0.4 is 10.6 Å². The van der Waals surface area contributed by atoms with E-state index in [1.54, 1.807) is 26.2 Å². The number of rotatable bonds is 7. The lowest BCUT2D eigenvalue weighted by Crippen LogP contribution is -2.43. The molecule has 1 saturated heterocycles. The molecule has 1 aliphatic rings. The van der Waals surface area contributed by atoms with Crippen LogP contribution >= 0.6 is 0 Å². The summed E-state index contributed by atoms with van der Waals surface area (Å²) in [6, 6.07) is 6.73. The number of nitrogens with zero attached hydrogens (tertiary/aromatic N) is 2. The first-order valence-corrected chi connectivity index (χ1v) is 9.13. The standard InChI is InChI=1S/C19H29FN4O2/c1-24(2)18(25)14-23-19(22-13-16-8-5-6-12-26-16)21-11-10-15-7-3-4-9-17(15)20/h3-4,7,9,16H,5-6,8,10-14H2,1-2H3,(H2,21,22,23). The Balaban J connectivity index is 1.87. The minimum atomic E-state index is -0.209. The summed E-state index contributed by atoms with van der Waals surface area (Å²) in [6.07, 6.45) is 3.99. The molecular formula is C19H29FN4O2. The van der Waals surface area contributed by atoms with Crippen molar-refractivity contribution in [1.82, 2.24) is 15.5 Å². The number of guanidine groups is 1. The van der Waals surface area contributed by atoms with E-state index in [0.29, 0.717) is 31.0 Å². The van der Waals surface area contributed by atoms with Gasteiger partial charge in [0.2, 0.25) is 5.91 Å². The number of halogens is 1. The number of nitrogens with one attached hydrogen (secondary N) is 2. The van der Waals surface area contributed by atoms with Crippen molar-refractivity contribution in [2.45, 2.75) is 31.8 Å². The molecule has 144 valence electrons. The Morgan fingerprint density at radius 2 is 2.12 bits per heavy atom. The van der Waals surface area contributed by atoms with Crippen molar-refractivity contribution in [1.29, 1.82) is 0 Å². The Bertz CT molecular complexity index is 601. The minimum Gasteiger partial charge on any atom is -0.376 e. The fourth-order valence-corrected chi connectivity index (χ4v) is 2.66. The molecule has 1 atom stereocenters. The van der Waals surface area contributed by atoms with Gasteiger partial charge in [-0.1, -0.05) is 18.2 Å². The van der Waals surface area contributed by atoms with Crippen LogP contribution in [0.4, 0.5) is 4.39 Å². The van der Waals surface area contributed by atoms with Crippen molar-refractivity contribution in [3.8, 4) is 0 Å². The van der Waals surface area contributed by atoms with Crippen molar-refractivity contribution in [3.05, 3.63) is 35.6 Å². The van der Waals surface area contributed by atoms with Crippen molar-refractivity contribution in [3.63, 3.8) is 0 Å². The van der Waals surface area contributed by atoms with Crippen LogP contribution in [0.25, 0.3) is 0 Å². The van der Waals surface area contributed by atoms with Gasteiger partial charge < -0.3 is 20.3 Å². The highest BCUT2D eigenvalue weighted by Crippen LogP contribution is 2.11. The van der Waals surface area contributed by atoms with E-state index < -0.39 is 0 Å². The summed E-state index contributed by atoms with van der Waals surface area (Å²) in [6.45, 7) is 2.02. The lowest BCUT2D eigenvalue weighted by atomic mass is 10.1. The molecule has 1 unspecified atom stereocenters. The smallest absolute Gasteiger partial charge is 0.243 e. The number of ether oxygens (including phenoxy) is 1. The quantitative estimate of drug-likeness (QED) is 0.569. The van der Waals surface area contributed by atoms with Gasteiger partial charge in [0.25, 0.3) is 0 Å². The molecule has 0 bridgehead atoms. The average Bonchev–Trinajstić information content (AvgIpc) is 2.65. The molecule has 1 aromatic rings. The van der Waals surface area contributed by atoms with Crippen LogP contribution in [-0.4, -0.2) is 63.2 Å². The molecule has 6 nitrogen and oxygen atoms in total. The van der Waals surface area contributed by atoms with Gasteiger partial charge in [-0.15, -0.1) is 0 Å². The topological polar surface area (TPSA) is 66.0 Å². The lowest BCUT2D eigenvalue weighted by molar-refractivity contribution is -0.127. The average molecular weight is 364 g/mol. The predicted octanol–water partition coefficient (Wildman–Crippen LogP) is 1.56. The van der Waals surface area contributed by atoms with Crippen LogP contribution in [0, 0.1) is 5.82 Å². The number of benzene rings is 1. The summed E-state index contributed by atoms with van der Waals surface area (Å²) in [5.74, 6) is 0.263. The molecule has 2 rings (SSSR count). The van der Waals surface area contributed by atoms with Gasteiger partial charge in [-0.05, 0) is 37.3 Å². The maximum atomic E-state index is 13.7. The van der Waals surface area contributed by atoms with Crippen molar-refractivity contribution >= 4 is 11.9 Å². The van der Waals surface area contributed by atoms with Crippen LogP contribution in [0.1, 0.15) is 24.8 Å². The van der Waals surface area contributed by atoms with Crippen molar-refractivity contribution < 1.29 is 13.9 Å². The van der Waals surface area contributed by atoms with Crippen LogP contribution in [0.15, 0.2) is 29.3 Å². The normalized spacial score (nSPS) is 17.7. The Morgan fingerprint density at radius 3 is 2.81 bits per heavy atom. The fraction of sp³-hybridized carbons (Fsp3) is 0.579. The van der Waals surface area contributed by atoms with Gasteiger partial charge in [0.05, 0.1) is 6.10 Å². The predicted molar refractivity (Wildman–Crippen MR) is 101 cm³/mol. The molecule has 0 aromatic heterocycles. The molecule has 2 N–H and O–H groups in total. The third kappa shape index (κ3) is 7.00. The molecule has 0 radical (unpaired) electrons. The van der Waals surface area contributed by atoms with Gasteiger partial charge >= 0.3 is 0 Å². The molecule has 1 fully saturated rings. The van der Waals surface area contributed by atoms with Crippen LogP contribution in [0.5, 0.6) is 0 Å². The molecule has 1 aromatic carbocycles. The molecule has 0 spiro atoms. The molecule has 26 heavy (non-hydrogen) atoms. The zero-order chi connectivity index (χ0) is 18.8. The second kappa shape index (κ2) is 10.8. The number of amides is 1. The monoisotopic (exact) mass is 364 g/mol. The Kier molecular flexibility index (Phi) is 8.34. The molecule has 1 heterocycles. The number of hydrogen-bond donors (Lipinski definition) is 2. The summed E-state index contributed by atoms with van der Waals surface area (Å²) in [5, 5.41) is 6.41. The number of carbonyl (C=O) groups is 1. The van der Waals surface area contributed by atoms with E-state index >= 15 is 0 Å². The summed E-state index contributed by atoms with van der Waals surface area (Å²) in [5.41, 5.74) is 0.652. The summed E-state index contributed by atoms with van der Waals surface area (Å²) >= 11 is 0. The van der Waals surface area contributed by atoms with Gasteiger partial charge in [-0.2, -0.15) is 0 Å². The Hall–Kier alpha value is -2.15. The van der Waals surface area contributed by atoms with E-state index in [1.165, 1.54) is 17.4 Å². The molecule has 1 amide bonds. The summed E-state index contributed by atoms with van der Waals surface area (Å²) < 4.78 is 19.4. The SMILES string of the molecule is CN(C)C(=O)CN=C(NCCc1ccccc1F)NCC1CCCCO1.